The molecule has 0 aliphatic rings. The molecule has 0 rings (SSSR count). The maximum Gasteiger partial charge on any atom is 0.299 e. The van der Waals surface area contributed by atoms with Crippen LogP contribution in [0.2, 0.25) is 0 Å². The number of nitro groups is 2. The van der Waals surface area contributed by atoms with Gasteiger partial charge < -0.3 is 4.74 Å². The van der Waals surface area contributed by atoms with Gasteiger partial charge in [-0.3, -0.25) is 20.2 Å². The molecule has 0 saturated carbocycles. The highest BCUT2D eigenvalue weighted by Gasteiger charge is 2.26. The Morgan fingerprint density at radius 3 is 2.33 bits per heavy atom. The van der Waals surface area contributed by atoms with Crippen molar-refractivity contribution in [1.82, 2.24) is 0 Å². The van der Waals surface area contributed by atoms with E-state index in [1.165, 1.54) is 0 Å². The van der Waals surface area contributed by atoms with Crippen molar-refractivity contribution >= 4 is 11.6 Å². The molecule has 12 heavy (non-hydrogen) atoms. The Balaban J connectivity index is 3.87. The second-order valence-corrected chi connectivity index (χ2v) is 2.15. The zero-order valence-electron chi connectivity index (χ0n) is 6.01. The molecule has 0 amide bonds. The van der Waals surface area contributed by atoms with E-state index in [2.05, 4.69) is 4.74 Å². The lowest BCUT2D eigenvalue weighted by molar-refractivity contribution is -0.590. The lowest BCUT2D eigenvalue weighted by atomic mass is 10.3. The van der Waals surface area contributed by atoms with Gasteiger partial charge in [-0.2, -0.15) is 0 Å². The third kappa shape index (κ3) is 4.80. The summed E-state index contributed by atoms with van der Waals surface area (Å²) in [6, 6.07) is -1.53. The van der Waals surface area contributed by atoms with Gasteiger partial charge in [-0.05, 0) is 0 Å². The Morgan fingerprint density at radius 1 is 1.42 bits per heavy atom. The molecule has 0 spiro atoms. The zero-order chi connectivity index (χ0) is 9.56. The molecule has 7 nitrogen and oxygen atoms in total. The van der Waals surface area contributed by atoms with Crippen LogP contribution in [0.4, 0.5) is 0 Å². The molecule has 0 aromatic carbocycles. The summed E-state index contributed by atoms with van der Waals surface area (Å²) in [5, 5.41) is 20.0. The number of rotatable bonds is 6. The summed E-state index contributed by atoms with van der Waals surface area (Å²) in [7, 11) is 0. The molecule has 1 atom stereocenters. The Bertz CT molecular complexity index is 175. The van der Waals surface area contributed by atoms with Gasteiger partial charge in [-0.15, -0.1) is 0 Å². The number of ether oxygens (including phenoxy) is 1. The first kappa shape index (κ1) is 11.1. The van der Waals surface area contributed by atoms with Gasteiger partial charge in [-0.1, -0.05) is 11.6 Å². The maximum atomic E-state index is 10.1. The lowest BCUT2D eigenvalue weighted by Gasteiger charge is -2.03. The van der Waals surface area contributed by atoms with Gasteiger partial charge in [0.1, 0.15) is 12.7 Å². The van der Waals surface area contributed by atoms with Crippen LogP contribution in [-0.4, -0.2) is 35.1 Å². The molecule has 0 aromatic heterocycles. The van der Waals surface area contributed by atoms with Crippen molar-refractivity contribution in [3.05, 3.63) is 20.2 Å². The van der Waals surface area contributed by atoms with Crippen molar-refractivity contribution in [2.45, 2.75) is 6.04 Å². The summed E-state index contributed by atoms with van der Waals surface area (Å²) in [6.45, 7) is -1.08. The standard InChI is InChI=1S/C4H7ClN2O5/c5-3-12-2-4(7(10)11)1-6(8)9/h4H,1-3H2. The first-order chi connectivity index (χ1) is 5.57. The van der Waals surface area contributed by atoms with E-state index in [0.29, 0.717) is 0 Å². The van der Waals surface area contributed by atoms with E-state index in [1.54, 1.807) is 0 Å². The molecule has 0 fully saturated rings. The summed E-state index contributed by atoms with van der Waals surface area (Å²) >= 11 is 5.07. The molecule has 0 bridgehead atoms. The summed E-state index contributed by atoms with van der Waals surface area (Å²) in [5.41, 5.74) is 0. The number of nitrogens with zero attached hydrogens (tertiary/aromatic N) is 2. The molecular formula is C4H7ClN2O5. The van der Waals surface area contributed by atoms with E-state index in [1.807, 2.05) is 0 Å². The van der Waals surface area contributed by atoms with Gasteiger partial charge >= 0.3 is 0 Å². The van der Waals surface area contributed by atoms with Crippen LogP contribution in [0.5, 0.6) is 0 Å². The van der Waals surface area contributed by atoms with E-state index in [-0.39, 0.29) is 12.7 Å². The Morgan fingerprint density at radius 2 is 2.00 bits per heavy atom. The Kier molecular flexibility index (Phi) is 5.22. The minimum Gasteiger partial charge on any atom is -0.358 e. The zero-order valence-corrected chi connectivity index (χ0v) is 6.77. The average Bonchev–Trinajstić information content (AvgIpc) is 1.96. The van der Waals surface area contributed by atoms with E-state index in [9.17, 15) is 20.2 Å². The molecule has 70 valence electrons. The highest BCUT2D eigenvalue weighted by molar-refractivity contribution is 6.17. The van der Waals surface area contributed by atoms with E-state index >= 15 is 0 Å². The molecule has 0 N–H and O–H groups in total. The van der Waals surface area contributed by atoms with Crippen LogP contribution in [0.15, 0.2) is 0 Å². The van der Waals surface area contributed by atoms with Crippen LogP contribution in [0.1, 0.15) is 0 Å². The minimum atomic E-state index is -1.32. The van der Waals surface area contributed by atoms with Gasteiger partial charge in [0.15, 0.2) is 0 Å². The Labute approximate surface area is 72.6 Å². The minimum absolute atomic E-state index is 0.206. The van der Waals surface area contributed by atoms with Crippen molar-refractivity contribution < 1.29 is 14.6 Å². The fourth-order valence-electron chi connectivity index (χ4n) is 0.533. The summed E-state index contributed by atoms with van der Waals surface area (Å²) < 4.78 is 4.48. The molecule has 0 aromatic rings. The Hall–Kier alpha value is -0.950. The van der Waals surface area contributed by atoms with E-state index < -0.39 is 22.4 Å². The molecule has 0 aliphatic carbocycles. The third-order valence-corrected chi connectivity index (χ3v) is 1.20. The van der Waals surface area contributed by atoms with Crippen LogP contribution in [0.25, 0.3) is 0 Å². The quantitative estimate of drug-likeness (QED) is 0.343. The monoisotopic (exact) mass is 198 g/mol. The highest BCUT2D eigenvalue weighted by atomic mass is 35.5. The first-order valence-electron chi connectivity index (χ1n) is 2.97. The number of halogens is 1. The van der Waals surface area contributed by atoms with Crippen molar-refractivity contribution in [1.29, 1.82) is 0 Å². The smallest absolute Gasteiger partial charge is 0.299 e. The highest BCUT2D eigenvalue weighted by Crippen LogP contribution is 1.93. The largest absolute Gasteiger partial charge is 0.358 e. The van der Waals surface area contributed by atoms with Crippen LogP contribution in [0, 0.1) is 20.2 Å². The van der Waals surface area contributed by atoms with Crippen LogP contribution in [0.3, 0.4) is 0 Å². The second kappa shape index (κ2) is 5.67. The predicted molar refractivity (Wildman–Crippen MR) is 39.3 cm³/mol. The average molecular weight is 199 g/mol. The lowest BCUT2D eigenvalue weighted by Crippen LogP contribution is -2.32. The van der Waals surface area contributed by atoms with Gasteiger partial charge in [0.25, 0.3) is 12.6 Å². The summed E-state index contributed by atoms with van der Waals surface area (Å²) in [5.74, 6) is 0. The second-order valence-electron chi connectivity index (χ2n) is 1.93. The molecule has 0 saturated heterocycles. The van der Waals surface area contributed by atoms with Crippen LogP contribution >= 0.6 is 11.6 Å². The van der Waals surface area contributed by atoms with Crippen molar-refractivity contribution in [3.8, 4) is 0 Å². The molecule has 0 aliphatic heterocycles. The molecule has 0 heterocycles. The topological polar surface area (TPSA) is 95.5 Å². The van der Waals surface area contributed by atoms with Crippen molar-refractivity contribution in [3.63, 3.8) is 0 Å². The number of alkyl halides is 1. The first-order valence-corrected chi connectivity index (χ1v) is 3.50. The maximum absolute atomic E-state index is 10.1. The van der Waals surface area contributed by atoms with Gasteiger partial charge in [0.05, 0.1) is 0 Å². The van der Waals surface area contributed by atoms with Crippen LogP contribution < -0.4 is 0 Å². The van der Waals surface area contributed by atoms with E-state index in [4.69, 9.17) is 11.6 Å². The summed E-state index contributed by atoms with van der Waals surface area (Å²) in [6.07, 6.45) is 0. The predicted octanol–water partition coefficient (Wildman–Crippen LogP) is 0.121. The van der Waals surface area contributed by atoms with Gasteiger partial charge in [0, 0.05) is 9.85 Å². The van der Waals surface area contributed by atoms with Crippen LogP contribution in [-0.2, 0) is 4.74 Å². The molecular weight excluding hydrogens is 192 g/mol. The number of hydrogen-bond acceptors (Lipinski definition) is 5. The van der Waals surface area contributed by atoms with E-state index in [0.717, 1.165) is 0 Å². The van der Waals surface area contributed by atoms with Crippen molar-refractivity contribution in [2.75, 3.05) is 19.2 Å². The fraction of sp³-hybridized carbons (Fsp3) is 1.00. The fourth-order valence-corrected chi connectivity index (χ4v) is 0.622. The van der Waals surface area contributed by atoms with Gasteiger partial charge in [-0.25, -0.2) is 0 Å². The molecule has 8 heteroatoms. The SMILES string of the molecule is O=[N+]([O-])CC(COCCl)[N+](=O)[O-]. The molecule has 0 radical (unpaired) electrons. The summed E-state index contributed by atoms with van der Waals surface area (Å²) in [4.78, 5) is 18.5. The van der Waals surface area contributed by atoms with Gasteiger partial charge in [0.2, 0.25) is 0 Å². The van der Waals surface area contributed by atoms with Crippen molar-refractivity contribution in [2.24, 2.45) is 0 Å². The number of hydrogen-bond donors (Lipinski definition) is 0. The molecule has 1 unspecified atom stereocenters. The normalized spacial score (nSPS) is 12.4. The third-order valence-electron chi connectivity index (χ3n) is 1.05.